The van der Waals surface area contributed by atoms with Crippen molar-refractivity contribution in [3.63, 3.8) is 0 Å². The van der Waals surface area contributed by atoms with Crippen LogP contribution in [-0.2, 0) is 9.59 Å². The summed E-state index contributed by atoms with van der Waals surface area (Å²) in [6.07, 6.45) is 0.410. The van der Waals surface area contributed by atoms with E-state index in [9.17, 15) is 9.59 Å². The Bertz CT molecular complexity index is 794. The van der Waals surface area contributed by atoms with Gasteiger partial charge in [0.25, 0.3) is 0 Å². The van der Waals surface area contributed by atoms with E-state index in [1.165, 1.54) is 12.1 Å². The molecule has 0 saturated heterocycles. The molecule has 2 aromatic rings. The molecule has 1 aromatic heterocycles. The van der Waals surface area contributed by atoms with E-state index in [-0.39, 0.29) is 29.8 Å². The number of carbonyl (C=O) groups excluding carboxylic acids is 2. The van der Waals surface area contributed by atoms with Gasteiger partial charge in [-0.15, -0.1) is 0 Å². The van der Waals surface area contributed by atoms with Crippen LogP contribution in [-0.4, -0.2) is 29.4 Å². The van der Waals surface area contributed by atoms with E-state index in [1.54, 1.807) is 31.2 Å². The molecule has 2 rings (SSSR count). The van der Waals surface area contributed by atoms with Gasteiger partial charge in [-0.2, -0.15) is 10.2 Å². The first-order valence-corrected chi connectivity index (χ1v) is 7.97. The molecule has 1 amide bonds. The van der Waals surface area contributed by atoms with Crippen LogP contribution in [0.3, 0.4) is 0 Å². The molecule has 0 fully saturated rings. The monoisotopic (exact) mass is 356 g/mol. The van der Waals surface area contributed by atoms with E-state index < -0.39 is 12.0 Å². The maximum absolute atomic E-state index is 12.2. The van der Waals surface area contributed by atoms with Gasteiger partial charge in [-0.3, -0.25) is 4.79 Å². The highest BCUT2D eigenvalue weighted by Crippen LogP contribution is 2.23. The Morgan fingerprint density at radius 3 is 2.58 bits per heavy atom. The number of amides is 1. The molecule has 1 aromatic carbocycles. The zero-order valence-corrected chi connectivity index (χ0v) is 14.3. The number of nitrogens with two attached hydrogens (primary N) is 2. The van der Waals surface area contributed by atoms with Crippen molar-refractivity contribution in [1.29, 1.82) is 0 Å². The Balaban J connectivity index is 2.06. The second kappa shape index (κ2) is 9.23. The van der Waals surface area contributed by atoms with Crippen LogP contribution in [0.5, 0.6) is 5.75 Å². The number of rotatable bonds is 7. The molecule has 0 aliphatic heterocycles. The summed E-state index contributed by atoms with van der Waals surface area (Å²) in [6.45, 7) is 1.63. The molecular weight excluding hydrogens is 336 g/mol. The summed E-state index contributed by atoms with van der Waals surface area (Å²) < 4.78 is 5.26. The minimum Gasteiger partial charge on any atom is -0.425 e. The number of hydrogen-bond donors (Lipinski definition) is 3. The van der Waals surface area contributed by atoms with E-state index in [0.29, 0.717) is 12.2 Å². The van der Waals surface area contributed by atoms with Crippen LogP contribution in [0.25, 0.3) is 0 Å². The molecule has 0 radical (unpaired) electrons. The molecule has 1 atom stereocenters. The normalized spacial score (nSPS) is 11.9. The van der Waals surface area contributed by atoms with Gasteiger partial charge in [0.15, 0.2) is 11.9 Å². The predicted octanol–water partition coefficient (Wildman–Crippen LogP) is 2.03. The Morgan fingerprint density at radius 2 is 1.96 bits per heavy atom. The van der Waals surface area contributed by atoms with E-state index in [4.69, 9.17) is 16.2 Å². The molecule has 0 aliphatic carbocycles. The van der Waals surface area contributed by atoms with E-state index in [1.807, 2.05) is 6.07 Å². The molecule has 1 unspecified atom stereocenters. The van der Waals surface area contributed by atoms with Gasteiger partial charge >= 0.3 is 5.97 Å². The van der Waals surface area contributed by atoms with Crippen LogP contribution < -0.4 is 21.5 Å². The van der Waals surface area contributed by atoms with Crippen molar-refractivity contribution in [2.45, 2.75) is 19.4 Å². The van der Waals surface area contributed by atoms with Crippen molar-refractivity contribution in [2.75, 3.05) is 17.6 Å². The molecular formula is C17H20N6O3. The number of pyridine rings is 1. The molecule has 0 bridgehead atoms. The van der Waals surface area contributed by atoms with Crippen LogP contribution in [0.15, 0.2) is 52.7 Å². The predicted molar refractivity (Wildman–Crippen MR) is 97.0 cm³/mol. The Hall–Kier alpha value is -3.33. The SMILES string of the molecule is CCC(N=Nc1ccc(NC(=O)CN)nc1N)C(=O)Oc1ccccc1. The minimum atomic E-state index is -0.772. The largest absolute Gasteiger partial charge is 0.425 e. The molecule has 0 saturated carbocycles. The quantitative estimate of drug-likeness (QED) is 0.393. The lowest BCUT2D eigenvalue weighted by Crippen LogP contribution is -2.23. The first-order chi connectivity index (χ1) is 12.5. The van der Waals surface area contributed by atoms with Gasteiger partial charge in [-0.1, -0.05) is 25.1 Å². The smallest absolute Gasteiger partial charge is 0.338 e. The van der Waals surface area contributed by atoms with Gasteiger partial charge in [0, 0.05) is 0 Å². The number of anilines is 2. The first kappa shape index (κ1) is 19.0. The van der Waals surface area contributed by atoms with Crippen LogP contribution >= 0.6 is 0 Å². The number of hydrogen-bond acceptors (Lipinski definition) is 8. The van der Waals surface area contributed by atoms with Crippen molar-refractivity contribution in [3.8, 4) is 5.75 Å². The number of benzene rings is 1. The Kier molecular flexibility index (Phi) is 6.75. The summed E-state index contributed by atoms with van der Waals surface area (Å²) in [5, 5.41) is 10.5. The maximum atomic E-state index is 12.2. The number of azo groups is 1. The van der Waals surface area contributed by atoms with Gasteiger partial charge in [0.05, 0.1) is 6.54 Å². The highest BCUT2D eigenvalue weighted by atomic mass is 16.5. The molecule has 9 heteroatoms. The fraction of sp³-hybridized carbons (Fsp3) is 0.235. The molecule has 0 spiro atoms. The third-order valence-electron chi connectivity index (χ3n) is 3.28. The molecule has 0 aliphatic rings. The zero-order valence-electron chi connectivity index (χ0n) is 14.3. The number of nitrogens with one attached hydrogen (secondary N) is 1. The second-order valence-electron chi connectivity index (χ2n) is 5.23. The fourth-order valence-electron chi connectivity index (χ4n) is 1.92. The lowest BCUT2D eigenvalue weighted by atomic mass is 10.2. The molecule has 9 nitrogen and oxygen atoms in total. The molecule has 26 heavy (non-hydrogen) atoms. The number of carbonyl (C=O) groups is 2. The summed E-state index contributed by atoms with van der Waals surface area (Å²) in [5.41, 5.74) is 11.3. The molecule has 1 heterocycles. The van der Waals surface area contributed by atoms with Gasteiger partial charge in [-0.05, 0) is 30.7 Å². The van der Waals surface area contributed by atoms with Crippen LogP contribution in [0.1, 0.15) is 13.3 Å². The van der Waals surface area contributed by atoms with Gasteiger partial charge in [0.1, 0.15) is 17.3 Å². The average molecular weight is 356 g/mol. The van der Waals surface area contributed by atoms with E-state index in [0.717, 1.165) is 0 Å². The summed E-state index contributed by atoms with van der Waals surface area (Å²) >= 11 is 0. The van der Waals surface area contributed by atoms with Crippen molar-refractivity contribution < 1.29 is 14.3 Å². The van der Waals surface area contributed by atoms with Gasteiger partial charge < -0.3 is 21.5 Å². The lowest BCUT2D eigenvalue weighted by molar-refractivity contribution is -0.136. The zero-order chi connectivity index (χ0) is 18.9. The number of nitrogen functional groups attached to an aromatic ring is 1. The maximum Gasteiger partial charge on any atom is 0.338 e. The van der Waals surface area contributed by atoms with Crippen molar-refractivity contribution in [3.05, 3.63) is 42.5 Å². The third kappa shape index (κ3) is 5.35. The lowest BCUT2D eigenvalue weighted by Gasteiger charge is -2.09. The van der Waals surface area contributed by atoms with Gasteiger partial charge in [0.2, 0.25) is 5.91 Å². The second-order valence-corrected chi connectivity index (χ2v) is 5.23. The molecule has 5 N–H and O–H groups in total. The number of esters is 1. The summed E-state index contributed by atoms with van der Waals surface area (Å²) in [7, 11) is 0. The average Bonchev–Trinajstić information content (AvgIpc) is 2.64. The van der Waals surface area contributed by atoms with Crippen LogP contribution in [0, 0.1) is 0 Å². The standard InChI is InChI=1S/C17H20N6O3/c1-2-12(17(25)26-11-6-4-3-5-7-11)22-23-13-8-9-14(21-16(13)19)20-15(24)10-18/h3-9,12H,2,10,18H2,1H3,(H3,19,20,21,24). The number of para-hydroxylation sites is 1. The van der Waals surface area contributed by atoms with Crippen molar-refractivity contribution in [2.24, 2.45) is 16.0 Å². The highest BCUT2D eigenvalue weighted by Gasteiger charge is 2.18. The van der Waals surface area contributed by atoms with Crippen LogP contribution in [0.4, 0.5) is 17.3 Å². The number of ether oxygens (including phenoxy) is 1. The van der Waals surface area contributed by atoms with E-state index in [2.05, 4.69) is 20.5 Å². The Labute approximate surface area is 150 Å². The van der Waals surface area contributed by atoms with Gasteiger partial charge in [-0.25, -0.2) is 9.78 Å². The van der Waals surface area contributed by atoms with Crippen molar-refractivity contribution >= 4 is 29.2 Å². The Morgan fingerprint density at radius 1 is 1.23 bits per heavy atom. The number of nitrogens with zero attached hydrogens (tertiary/aromatic N) is 3. The molecule has 136 valence electrons. The summed E-state index contributed by atoms with van der Waals surface area (Å²) in [6, 6.07) is 11.0. The highest BCUT2D eigenvalue weighted by molar-refractivity contribution is 5.91. The van der Waals surface area contributed by atoms with E-state index >= 15 is 0 Å². The van der Waals surface area contributed by atoms with Crippen LogP contribution in [0.2, 0.25) is 0 Å². The first-order valence-electron chi connectivity index (χ1n) is 7.97. The topological polar surface area (TPSA) is 145 Å². The third-order valence-corrected chi connectivity index (χ3v) is 3.28. The summed E-state index contributed by atoms with van der Waals surface area (Å²) in [4.78, 5) is 27.4. The minimum absolute atomic E-state index is 0.0647. The fourth-order valence-corrected chi connectivity index (χ4v) is 1.92. The summed E-state index contributed by atoms with van der Waals surface area (Å²) in [5.74, 6) is -0.142. The van der Waals surface area contributed by atoms with Crippen molar-refractivity contribution in [1.82, 2.24) is 4.98 Å². The number of aromatic nitrogens is 1.